The van der Waals surface area contributed by atoms with E-state index in [1.54, 1.807) is 11.0 Å². The monoisotopic (exact) mass is 387 g/mol. The van der Waals surface area contributed by atoms with Gasteiger partial charge in [0, 0.05) is 6.54 Å². The molecule has 1 aliphatic heterocycles. The predicted octanol–water partition coefficient (Wildman–Crippen LogP) is 5.10. The summed E-state index contributed by atoms with van der Waals surface area (Å²) in [5, 5.41) is 9.22. The van der Waals surface area contributed by atoms with Gasteiger partial charge in [-0.15, -0.1) is 0 Å². The van der Waals surface area contributed by atoms with Crippen LogP contribution in [0.15, 0.2) is 18.2 Å². The minimum absolute atomic E-state index is 0.155. The lowest BCUT2D eigenvalue weighted by Crippen LogP contribution is -2.35. The van der Waals surface area contributed by atoms with Crippen molar-refractivity contribution in [2.75, 3.05) is 13.2 Å². The van der Waals surface area contributed by atoms with Gasteiger partial charge in [0.2, 0.25) is 0 Å². The number of likely N-dealkylation sites (tertiary alicyclic amines) is 1. The van der Waals surface area contributed by atoms with Gasteiger partial charge in [-0.05, 0) is 43.5 Å². The highest BCUT2D eigenvalue weighted by molar-refractivity contribution is 5.73. The van der Waals surface area contributed by atoms with Gasteiger partial charge in [0.05, 0.1) is 12.2 Å². The lowest BCUT2D eigenvalue weighted by molar-refractivity contribution is -0.142. The van der Waals surface area contributed by atoms with E-state index in [-0.39, 0.29) is 18.9 Å². The Bertz CT molecular complexity index is 619. The van der Waals surface area contributed by atoms with E-state index in [9.17, 15) is 23.1 Å². The van der Waals surface area contributed by atoms with Gasteiger partial charge in [0.15, 0.2) is 0 Å². The fraction of sp³-hybridized carbons (Fsp3) is 0.650. The normalized spacial score (nSPS) is 18.0. The second-order valence-electron chi connectivity index (χ2n) is 7.06. The standard InChI is InChI=1S/C20H28F3NO3/c1-2-3-4-5-6-12-27-18-10-9-15(13-16(18)20(21,22)23)14-24-11-7-8-17(24)19(25)26/h9-10,13,17H,2-8,11-12,14H2,1H3,(H,25,26)/t17-/m1/s1. The van der Waals surface area contributed by atoms with Crippen molar-refractivity contribution in [2.45, 2.75) is 70.6 Å². The summed E-state index contributed by atoms with van der Waals surface area (Å²) in [6.07, 6.45) is 1.72. The summed E-state index contributed by atoms with van der Waals surface area (Å²) in [7, 11) is 0. The number of unbranched alkanes of at least 4 members (excludes halogenated alkanes) is 4. The van der Waals surface area contributed by atoms with Crippen LogP contribution >= 0.6 is 0 Å². The predicted molar refractivity (Wildman–Crippen MR) is 96.8 cm³/mol. The zero-order valence-corrected chi connectivity index (χ0v) is 15.7. The number of carboxylic acids is 1. The molecule has 1 aromatic rings. The lowest BCUT2D eigenvalue weighted by Gasteiger charge is -2.22. The van der Waals surface area contributed by atoms with Crippen molar-refractivity contribution in [3.8, 4) is 5.75 Å². The van der Waals surface area contributed by atoms with Crippen molar-refractivity contribution >= 4 is 5.97 Å². The third-order valence-electron chi connectivity index (χ3n) is 4.89. The second-order valence-corrected chi connectivity index (χ2v) is 7.06. The van der Waals surface area contributed by atoms with Crippen molar-refractivity contribution in [3.05, 3.63) is 29.3 Å². The maximum absolute atomic E-state index is 13.4. The largest absolute Gasteiger partial charge is 0.493 e. The average Bonchev–Trinajstić information content (AvgIpc) is 3.06. The highest BCUT2D eigenvalue weighted by Gasteiger charge is 2.35. The van der Waals surface area contributed by atoms with Crippen molar-refractivity contribution in [1.82, 2.24) is 4.90 Å². The number of hydrogen-bond donors (Lipinski definition) is 1. The number of carboxylic acid groups (broad SMARTS) is 1. The maximum Gasteiger partial charge on any atom is 0.419 e. The fourth-order valence-electron chi connectivity index (χ4n) is 3.44. The minimum atomic E-state index is -4.51. The molecule has 152 valence electrons. The van der Waals surface area contributed by atoms with Gasteiger partial charge in [-0.2, -0.15) is 13.2 Å². The summed E-state index contributed by atoms with van der Waals surface area (Å²) < 4.78 is 45.7. The molecule has 0 amide bonds. The topological polar surface area (TPSA) is 49.8 Å². The molecule has 1 saturated heterocycles. The molecule has 1 aliphatic rings. The Kier molecular flexibility index (Phi) is 7.95. The van der Waals surface area contributed by atoms with Crippen LogP contribution in [0, 0.1) is 0 Å². The number of hydrogen-bond acceptors (Lipinski definition) is 3. The molecule has 0 radical (unpaired) electrons. The smallest absolute Gasteiger partial charge is 0.419 e. The van der Waals surface area contributed by atoms with Gasteiger partial charge < -0.3 is 9.84 Å². The van der Waals surface area contributed by atoms with Crippen molar-refractivity contribution in [2.24, 2.45) is 0 Å². The molecular formula is C20H28F3NO3. The van der Waals surface area contributed by atoms with E-state index in [1.807, 2.05) is 0 Å². The lowest BCUT2D eigenvalue weighted by atomic mass is 10.1. The molecule has 1 aromatic carbocycles. The summed E-state index contributed by atoms with van der Waals surface area (Å²) in [6.45, 7) is 3.14. The Morgan fingerprint density at radius 2 is 2.00 bits per heavy atom. The first-order valence-corrected chi connectivity index (χ1v) is 9.62. The van der Waals surface area contributed by atoms with E-state index in [1.165, 1.54) is 6.07 Å². The summed E-state index contributed by atoms with van der Waals surface area (Å²) in [4.78, 5) is 13.0. The zero-order valence-electron chi connectivity index (χ0n) is 15.7. The second kappa shape index (κ2) is 9.97. The third kappa shape index (κ3) is 6.41. The van der Waals surface area contributed by atoms with E-state index in [2.05, 4.69) is 6.92 Å². The molecule has 2 rings (SSSR count). The molecule has 0 unspecified atom stereocenters. The quantitative estimate of drug-likeness (QED) is 0.567. The molecule has 1 heterocycles. The summed E-state index contributed by atoms with van der Waals surface area (Å²) in [5.74, 6) is -1.08. The number of halogens is 3. The molecule has 27 heavy (non-hydrogen) atoms. The molecule has 0 aromatic heterocycles. The molecule has 4 nitrogen and oxygen atoms in total. The molecule has 1 atom stereocenters. The van der Waals surface area contributed by atoms with Crippen LogP contribution in [-0.2, 0) is 17.5 Å². The van der Waals surface area contributed by atoms with E-state index >= 15 is 0 Å². The summed E-state index contributed by atoms with van der Waals surface area (Å²) in [6, 6.07) is 3.41. The minimum Gasteiger partial charge on any atom is -0.493 e. The zero-order chi connectivity index (χ0) is 19.9. The molecule has 0 aliphatic carbocycles. The summed E-state index contributed by atoms with van der Waals surface area (Å²) in [5.41, 5.74) is -0.342. The van der Waals surface area contributed by atoms with E-state index in [0.29, 0.717) is 18.5 Å². The van der Waals surface area contributed by atoms with Crippen LogP contribution in [0.1, 0.15) is 63.0 Å². The van der Waals surface area contributed by atoms with Gasteiger partial charge in [0.25, 0.3) is 0 Å². The number of carbonyl (C=O) groups is 1. The third-order valence-corrected chi connectivity index (χ3v) is 4.89. The molecule has 7 heteroatoms. The van der Waals surface area contributed by atoms with E-state index < -0.39 is 23.8 Å². The highest BCUT2D eigenvalue weighted by atomic mass is 19.4. The number of aliphatic carboxylic acids is 1. The Morgan fingerprint density at radius 3 is 2.67 bits per heavy atom. The molecular weight excluding hydrogens is 359 g/mol. The van der Waals surface area contributed by atoms with Crippen LogP contribution in [0.5, 0.6) is 5.75 Å². The van der Waals surface area contributed by atoms with Crippen LogP contribution in [0.25, 0.3) is 0 Å². The van der Waals surface area contributed by atoms with Crippen molar-refractivity contribution in [1.29, 1.82) is 0 Å². The molecule has 1 fully saturated rings. The Hall–Kier alpha value is -1.76. The van der Waals surface area contributed by atoms with Crippen LogP contribution in [0.3, 0.4) is 0 Å². The van der Waals surface area contributed by atoms with E-state index in [4.69, 9.17) is 4.74 Å². The average molecular weight is 387 g/mol. The number of alkyl halides is 3. The Labute approximate surface area is 158 Å². The first kappa shape index (κ1) is 21.5. The number of ether oxygens (including phenoxy) is 1. The van der Waals surface area contributed by atoms with Gasteiger partial charge in [-0.3, -0.25) is 9.69 Å². The van der Waals surface area contributed by atoms with Crippen LogP contribution in [0.4, 0.5) is 13.2 Å². The SMILES string of the molecule is CCCCCCCOc1ccc(CN2CCC[C@@H]2C(=O)O)cc1C(F)(F)F. The van der Waals surface area contributed by atoms with Crippen LogP contribution < -0.4 is 4.74 Å². The fourth-order valence-corrected chi connectivity index (χ4v) is 3.44. The number of benzene rings is 1. The highest BCUT2D eigenvalue weighted by Crippen LogP contribution is 2.37. The van der Waals surface area contributed by atoms with Gasteiger partial charge in [0.1, 0.15) is 11.8 Å². The number of nitrogens with zero attached hydrogens (tertiary/aromatic N) is 1. The van der Waals surface area contributed by atoms with Gasteiger partial charge in [-0.1, -0.05) is 38.7 Å². The summed E-state index contributed by atoms with van der Waals surface area (Å²) >= 11 is 0. The first-order chi connectivity index (χ1) is 12.8. The van der Waals surface area contributed by atoms with Crippen LogP contribution in [-0.4, -0.2) is 35.2 Å². The van der Waals surface area contributed by atoms with Crippen molar-refractivity contribution < 1.29 is 27.8 Å². The Balaban J connectivity index is 2.03. The van der Waals surface area contributed by atoms with Gasteiger partial charge in [-0.25, -0.2) is 0 Å². The van der Waals surface area contributed by atoms with E-state index in [0.717, 1.165) is 44.6 Å². The Morgan fingerprint density at radius 1 is 1.26 bits per heavy atom. The van der Waals surface area contributed by atoms with Crippen molar-refractivity contribution in [3.63, 3.8) is 0 Å². The molecule has 0 saturated carbocycles. The molecule has 0 spiro atoms. The first-order valence-electron chi connectivity index (χ1n) is 9.62. The molecule has 0 bridgehead atoms. The number of rotatable bonds is 10. The maximum atomic E-state index is 13.4. The van der Waals surface area contributed by atoms with Crippen LogP contribution in [0.2, 0.25) is 0 Å². The molecule has 1 N–H and O–H groups in total. The van der Waals surface area contributed by atoms with Gasteiger partial charge >= 0.3 is 12.1 Å².